The maximum Gasteiger partial charge on any atom is 0.269 e. The van der Waals surface area contributed by atoms with Gasteiger partial charge in [-0.2, -0.15) is 8.78 Å². The second-order valence-electron chi connectivity index (χ2n) is 11.0. The Kier molecular flexibility index (Phi) is 5.26. The van der Waals surface area contributed by atoms with Gasteiger partial charge in [0.05, 0.1) is 5.71 Å². The number of carbonyl (C=O) groups excluding carboxylic acids is 1. The second-order valence-corrected chi connectivity index (χ2v) is 11.0. The molecule has 0 bridgehead atoms. The van der Waals surface area contributed by atoms with Gasteiger partial charge in [-0.1, -0.05) is 19.0 Å². The predicted molar refractivity (Wildman–Crippen MR) is 111 cm³/mol. The lowest BCUT2D eigenvalue weighted by Crippen LogP contribution is -2.54. The summed E-state index contributed by atoms with van der Waals surface area (Å²) in [7, 11) is 0. The van der Waals surface area contributed by atoms with Crippen LogP contribution >= 0.6 is 0 Å². The van der Waals surface area contributed by atoms with Crippen LogP contribution in [-0.2, 0) is 9.63 Å². The largest absolute Gasteiger partial charge is 0.391 e. The predicted octanol–water partition coefficient (Wildman–Crippen LogP) is 5.04. The molecule has 0 spiro atoms. The third-order valence-corrected chi connectivity index (χ3v) is 9.64. The number of oxime groups is 1. The summed E-state index contributed by atoms with van der Waals surface area (Å²) in [6.07, 6.45) is 2.06. The van der Waals surface area contributed by atoms with Gasteiger partial charge in [0.25, 0.3) is 6.08 Å². The van der Waals surface area contributed by atoms with Crippen molar-refractivity contribution in [2.75, 3.05) is 13.1 Å². The number of halogens is 3. The van der Waals surface area contributed by atoms with Crippen molar-refractivity contribution in [1.29, 1.82) is 0 Å². The van der Waals surface area contributed by atoms with Crippen LogP contribution in [0.3, 0.4) is 0 Å². The Labute approximate surface area is 182 Å². The summed E-state index contributed by atoms with van der Waals surface area (Å²) in [5.41, 5.74) is 0.282. The zero-order valence-electron chi connectivity index (χ0n) is 18.4. The molecule has 31 heavy (non-hydrogen) atoms. The van der Waals surface area contributed by atoms with Crippen molar-refractivity contribution < 1.29 is 22.8 Å². The molecule has 1 saturated heterocycles. The Balaban J connectivity index is 1.42. The van der Waals surface area contributed by atoms with E-state index in [0.29, 0.717) is 19.3 Å². The number of fused-ring (bicyclic) bond motifs is 5. The lowest BCUT2D eigenvalue weighted by molar-refractivity contribution is -0.136. The van der Waals surface area contributed by atoms with Crippen LogP contribution in [-0.4, -0.2) is 36.9 Å². The molecule has 1 aliphatic heterocycles. The summed E-state index contributed by atoms with van der Waals surface area (Å²) in [6.45, 7) is 5.80. The number of carbonyl (C=O) groups is 1. The Morgan fingerprint density at radius 3 is 2.68 bits per heavy atom. The first-order valence-electron chi connectivity index (χ1n) is 11.9. The van der Waals surface area contributed by atoms with Gasteiger partial charge in [-0.3, -0.25) is 4.79 Å². The van der Waals surface area contributed by atoms with E-state index >= 15 is 0 Å². The first kappa shape index (κ1) is 21.5. The van der Waals surface area contributed by atoms with Crippen molar-refractivity contribution >= 4 is 11.5 Å². The van der Waals surface area contributed by atoms with E-state index in [9.17, 15) is 18.0 Å². The molecule has 1 heterocycles. The minimum atomic E-state index is -1.62. The van der Waals surface area contributed by atoms with Crippen LogP contribution < -0.4 is 5.32 Å². The zero-order chi connectivity index (χ0) is 22.0. The molecule has 4 saturated carbocycles. The fraction of sp³-hybridized carbons (Fsp3) is 0.833. The quantitative estimate of drug-likeness (QED) is 0.615. The van der Waals surface area contributed by atoms with E-state index in [0.717, 1.165) is 44.5 Å². The topological polar surface area (TPSA) is 50.7 Å². The molecule has 4 nitrogen and oxygen atoms in total. The van der Waals surface area contributed by atoms with Gasteiger partial charge in [0.15, 0.2) is 12.0 Å². The number of ketones is 1. The molecule has 172 valence electrons. The fourth-order valence-electron chi connectivity index (χ4n) is 7.71. The van der Waals surface area contributed by atoms with E-state index in [-0.39, 0.29) is 53.0 Å². The Bertz CT molecular complexity index is 820. The average molecular weight is 439 g/mol. The highest BCUT2D eigenvalue weighted by molar-refractivity contribution is 5.91. The summed E-state index contributed by atoms with van der Waals surface area (Å²) in [5, 5.41) is 7.68. The number of hydrogen-bond acceptors (Lipinski definition) is 4. The molecular weight excluding hydrogens is 405 g/mol. The molecule has 0 amide bonds. The van der Waals surface area contributed by atoms with E-state index < -0.39 is 17.7 Å². The number of rotatable bonds is 2. The van der Waals surface area contributed by atoms with Crippen LogP contribution in [0.1, 0.15) is 65.2 Å². The van der Waals surface area contributed by atoms with Crippen LogP contribution in [0.2, 0.25) is 0 Å². The zero-order valence-corrected chi connectivity index (χ0v) is 18.4. The molecule has 0 aromatic carbocycles. The van der Waals surface area contributed by atoms with Crippen LogP contribution in [0.25, 0.3) is 0 Å². The standard InChI is InChI=1S/C24H33F3N2O2/c1-23-6-3-14(29-31-15-5-8-28-12-15)9-13(23)10-16(22(26)27)20-17(23)4-7-24(2)18(20)11-19(25)21(24)30/h13,15,17-20,28H,3-12H2,1-2H3/t13?,15?,17?,18?,19?,20?,23-,24-/m0/s1. The first-order chi connectivity index (χ1) is 14.7. The van der Waals surface area contributed by atoms with Gasteiger partial charge in [0.1, 0.15) is 6.10 Å². The van der Waals surface area contributed by atoms with Crippen molar-refractivity contribution in [2.45, 2.75) is 77.5 Å². The van der Waals surface area contributed by atoms with Crippen molar-refractivity contribution in [2.24, 2.45) is 39.7 Å². The molecule has 0 radical (unpaired) electrons. The second kappa shape index (κ2) is 7.60. The van der Waals surface area contributed by atoms with Gasteiger partial charge in [0.2, 0.25) is 0 Å². The molecule has 8 atom stereocenters. The van der Waals surface area contributed by atoms with E-state index in [4.69, 9.17) is 4.84 Å². The summed E-state index contributed by atoms with van der Waals surface area (Å²) >= 11 is 0. The highest BCUT2D eigenvalue weighted by atomic mass is 19.3. The van der Waals surface area contributed by atoms with Gasteiger partial charge in [0, 0.05) is 18.4 Å². The van der Waals surface area contributed by atoms with E-state index in [2.05, 4.69) is 17.4 Å². The first-order valence-corrected chi connectivity index (χ1v) is 11.9. The van der Waals surface area contributed by atoms with Crippen LogP contribution in [0.15, 0.2) is 16.8 Å². The Hall–Kier alpha value is -1.37. The molecule has 1 N–H and O–H groups in total. The summed E-state index contributed by atoms with van der Waals surface area (Å²) in [6, 6.07) is 0. The van der Waals surface area contributed by atoms with Crippen molar-refractivity contribution in [3.05, 3.63) is 11.7 Å². The number of alkyl halides is 1. The lowest BCUT2D eigenvalue weighted by atomic mass is 9.44. The minimum Gasteiger partial charge on any atom is -0.391 e. The minimum absolute atomic E-state index is 0.0698. The number of Topliss-reactive ketones (excluding diaryl/α,β-unsaturated/α-hetero) is 1. The summed E-state index contributed by atoms with van der Waals surface area (Å²) in [5.74, 6) is -0.894. The summed E-state index contributed by atoms with van der Waals surface area (Å²) < 4.78 is 42.9. The molecular formula is C24H33F3N2O2. The molecule has 0 aromatic heterocycles. The van der Waals surface area contributed by atoms with Crippen molar-refractivity contribution in [3.8, 4) is 0 Å². The number of allylic oxidation sites excluding steroid dienone is 1. The van der Waals surface area contributed by atoms with Crippen LogP contribution in [0.4, 0.5) is 13.2 Å². The van der Waals surface area contributed by atoms with Gasteiger partial charge in [-0.15, -0.1) is 0 Å². The molecule has 4 aliphatic carbocycles. The Morgan fingerprint density at radius 2 is 1.97 bits per heavy atom. The monoisotopic (exact) mass is 438 g/mol. The smallest absolute Gasteiger partial charge is 0.269 e. The molecule has 7 heteroatoms. The van der Waals surface area contributed by atoms with E-state index in [1.54, 1.807) is 0 Å². The molecule has 5 rings (SSSR count). The number of nitrogens with zero attached hydrogens (tertiary/aromatic N) is 1. The maximum absolute atomic E-state index is 14.5. The van der Waals surface area contributed by atoms with Crippen LogP contribution in [0.5, 0.6) is 0 Å². The fourth-order valence-corrected chi connectivity index (χ4v) is 7.71. The van der Waals surface area contributed by atoms with Gasteiger partial charge < -0.3 is 10.2 Å². The van der Waals surface area contributed by atoms with Crippen LogP contribution in [0, 0.1) is 34.5 Å². The van der Waals surface area contributed by atoms with Crippen molar-refractivity contribution in [1.82, 2.24) is 5.32 Å². The Morgan fingerprint density at radius 1 is 1.16 bits per heavy atom. The third-order valence-electron chi connectivity index (χ3n) is 9.64. The molecule has 6 unspecified atom stereocenters. The highest BCUT2D eigenvalue weighted by Crippen LogP contribution is 2.67. The maximum atomic E-state index is 14.5. The van der Waals surface area contributed by atoms with E-state index in [1.807, 2.05) is 6.92 Å². The van der Waals surface area contributed by atoms with Gasteiger partial charge in [-0.25, -0.2) is 4.39 Å². The van der Waals surface area contributed by atoms with E-state index in [1.165, 1.54) is 0 Å². The number of nitrogens with one attached hydrogen (secondary N) is 1. The number of hydrogen-bond donors (Lipinski definition) is 1. The third kappa shape index (κ3) is 3.28. The highest BCUT2D eigenvalue weighted by Gasteiger charge is 2.64. The van der Waals surface area contributed by atoms with Gasteiger partial charge in [-0.05, 0) is 86.2 Å². The lowest BCUT2D eigenvalue weighted by Gasteiger charge is -2.59. The van der Waals surface area contributed by atoms with Crippen molar-refractivity contribution in [3.63, 3.8) is 0 Å². The summed E-state index contributed by atoms with van der Waals surface area (Å²) in [4.78, 5) is 18.3. The molecule has 5 fully saturated rings. The normalized spacial score (nSPS) is 48.4. The SMILES string of the molecule is C[C@]12CCC(=NOC3CCNC3)CC1CC(=C(F)F)C1C2CC[C@]2(C)C(=O)C(F)CC12. The molecule has 5 aliphatic rings. The average Bonchev–Trinajstić information content (AvgIpc) is 3.33. The van der Waals surface area contributed by atoms with Gasteiger partial charge >= 0.3 is 0 Å². The molecule has 0 aromatic rings.